The zero-order valence-corrected chi connectivity index (χ0v) is 23.3. The van der Waals surface area contributed by atoms with Gasteiger partial charge < -0.3 is 31.3 Å². The zero-order valence-electron chi connectivity index (χ0n) is 23.3. The van der Waals surface area contributed by atoms with Crippen molar-refractivity contribution in [2.75, 3.05) is 19.7 Å². The van der Waals surface area contributed by atoms with E-state index in [0.717, 1.165) is 32.1 Å². The fourth-order valence-corrected chi connectivity index (χ4v) is 5.24. The van der Waals surface area contributed by atoms with E-state index in [-0.39, 0.29) is 42.7 Å². The molecule has 3 aliphatic rings. The van der Waals surface area contributed by atoms with Gasteiger partial charge in [0, 0.05) is 6.54 Å². The second-order valence-corrected chi connectivity index (χ2v) is 11.4. The Morgan fingerprint density at radius 2 is 1.77 bits per heavy atom. The molecule has 5 amide bonds. The first-order valence-electron chi connectivity index (χ1n) is 14.4. The van der Waals surface area contributed by atoms with Gasteiger partial charge >= 0.3 is 0 Å². The van der Waals surface area contributed by atoms with Gasteiger partial charge in [0.1, 0.15) is 30.0 Å². The molecule has 2 aliphatic carbocycles. The topological polar surface area (TPSA) is 155 Å². The van der Waals surface area contributed by atoms with Gasteiger partial charge in [-0.05, 0) is 49.7 Å². The van der Waals surface area contributed by atoms with Gasteiger partial charge in [0.15, 0.2) is 0 Å². The van der Waals surface area contributed by atoms with Gasteiger partial charge in [-0.25, -0.2) is 0 Å². The highest BCUT2D eigenvalue weighted by molar-refractivity contribution is 6.01. The summed E-state index contributed by atoms with van der Waals surface area (Å²) in [7, 11) is 0. The van der Waals surface area contributed by atoms with Crippen LogP contribution in [-0.2, 0) is 19.2 Å². The lowest BCUT2D eigenvalue weighted by atomic mass is 9.80. The van der Waals surface area contributed by atoms with Crippen LogP contribution >= 0.6 is 0 Å². The van der Waals surface area contributed by atoms with Gasteiger partial charge in [0.05, 0.1) is 18.5 Å². The van der Waals surface area contributed by atoms with Crippen molar-refractivity contribution in [1.29, 1.82) is 0 Å². The summed E-state index contributed by atoms with van der Waals surface area (Å²) in [5.74, 6) is -1.81. The molecular weight excluding hydrogens is 514 g/mol. The molecule has 0 unspecified atom stereocenters. The minimum atomic E-state index is -1.20. The maximum absolute atomic E-state index is 13.7. The van der Waals surface area contributed by atoms with Crippen LogP contribution in [0.5, 0.6) is 5.75 Å². The first kappa shape index (κ1) is 29.4. The third-order valence-electron chi connectivity index (χ3n) is 7.82. The zero-order chi connectivity index (χ0) is 28.7. The molecular formula is C29H41N5O6. The molecule has 4 rings (SSSR count). The Morgan fingerprint density at radius 1 is 1.05 bits per heavy atom. The lowest BCUT2D eigenvalue weighted by Crippen LogP contribution is -2.64. The summed E-state index contributed by atoms with van der Waals surface area (Å²) in [5.41, 5.74) is -0.995. The van der Waals surface area contributed by atoms with Crippen molar-refractivity contribution in [3.63, 3.8) is 0 Å². The summed E-state index contributed by atoms with van der Waals surface area (Å²) < 4.78 is 5.80. The van der Waals surface area contributed by atoms with Gasteiger partial charge in [-0.2, -0.15) is 0 Å². The average Bonchev–Trinajstić information content (AvgIpc) is 3.76. The largest absolute Gasteiger partial charge is 0.491 e. The Morgan fingerprint density at radius 3 is 2.48 bits per heavy atom. The number of para-hydroxylation sites is 1. The lowest BCUT2D eigenvalue weighted by molar-refractivity contribution is -0.138. The van der Waals surface area contributed by atoms with Crippen molar-refractivity contribution in [3.05, 3.63) is 29.8 Å². The van der Waals surface area contributed by atoms with Crippen LogP contribution in [0.3, 0.4) is 0 Å². The molecule has 40 heavy (non-hydrogen) atoms. The highest BCUT2D eigenvalue weighted by Gasteiger charge is 2.43. The molecule has 1 spiro atoms. The van der Waals surface area contributed by atoms with Gasteiger partial charge in [-0.15, -0.1) is 0 Å². The van der Waals surface area contributed by atoms with E-state index >= 15 is 0 Å². The van der Waals surface area contributed by atoms with Crippen LogP contribution in [0.25, 0.3) is 0 Å². The van der Waals surface area contributed by atoms with Crippen molar-refractivity contribution in [1.82, 2.24) is 26.6 Å². The minimum Gasteiger partial charge on any atom is -0.491 e. The van der Waals surface area contributed by atoms with Crippen LogP contribution in [0.2, 0.25) is 0 Å². The van der Waals surface area contributed by atoms with Crippen molar-refractivity contribution in [2.45, 2.75) is 82.8 Å². The lowest BCUT2D eigenvalue weighted by Gasteiger charge is -2.38. The van der Waals surface area contributed by atoms with Crippen molar-refractivity contribution >= 4 is 29.5 Å². The molecule has 11 heteroatoms. The smallest absolute Gasteiger partial charge is 0.255 e. The van der Waals surface area contributed by atoms with Crippen LogP contribution in [0.4, 0.5) is 0 Å². The molecule has 5 N–H and O–H groups in total. The fourth-order valence-electron chi connectivity index (χ4n) is 5.24. The minimum absolute atomic E-state index is 0.0874. The molecule has 0 bridgehead atoms. The standard InChI is InChI=1S/C29H41N5O6/c1-18(2)24-27(38)30-14-15-40-22-9-5-4-8-20(22)25(36)32-21(26(37)31-17-19-10-11-19)16-23(35)34-29(28(39)33-24)12-6-3-7-13-29/h4-5,8-9,18-19,21,24H,3,6-7,10-17H2,1-2H3,(H,30,38)(H,31,37)(H,32,36)(H,33,39)(H,34,35)/t21-,24+/m0/s1. The maximum atomic E-state index is 13.7. The van der Waals surface area contributed by atoms with Crippen LogP contribution in [-0.4, -0.2) is 66.9 Å². The quantitative estimate of drug-likeness (QED) is 0.376. The Hall–Kier alpha value is -3.63. The Balaban J connectivity index is 1.63. The summed E-state index contributed by atoms with van der Waals surface area (Å²) in [6.07, 6.45) is 4.98. The Labute approximate surface area is 234 Å². The summed E-state index contributed by atoms with van der Waals surface area (Å²) in [6.45, 7) is 4.41. The van der Waals surface area contributed by atoms with E-state index in [0.29, 0.717) is 25.3 Å². The van der Waals surface area contributed by atoms with Crippen molar-refractivity contribution < 1.29 is 28.7 Å². The van der Waals surface area contributed by atoms with E-state index in [1.807, 2.05) is 13.8 Å². The summed E-state index contributed by atoms with van der Waals surface area (Å²) in [6, 6.07) is 4.64. The monoisotopic (exact) mass is 555 g/mol. The van der Waals surface area contributed by atoms with Crippen molar-refractivity contribution in [2.24, 2.45) is 11.8 Å². The van der Waals surface area contributed by atoms with Gasteiger partial charge in [-0.1, -0.05) is 45.2 Å². The van der Waals surface area contributed by atoms with E-state index in [9.17, 15) is 24.0 Å². The van der Waals surface area contributed by atoms with Crippen molar-refractivity contribution in [3.8, 4) is 5.75 Å². The van der Waals surface area contributed by atoms with Crippen LogP contribution in [0.1, 0.15) is 75.6 Å². The molecule has 0 radical (unpaired) electrons. The molecule has 2 fully saturated rings. The predicted octanol–water partition coefficient (Wildman–Crippen LogP) is 1.17. The van der Waals surface area contributed by atoms with Crippen LogP contribution in [0.15, 0.2) is 24.3 Å². The number of hydrogen-bond acceptors (Lipinski definition) is 6. The second-order valence-electron chi connectivity index (χ2n) is 11.4. The molecule has 1 aromatic carbocycles. The number of fused-ring (bicyclic) bond motifs is 1. The summed E-state index contributed by atoms with van der Waals surface area (Å²) >= 11 is 0. The van der Waals surface area contributed by atoms with Gasteiger partial charge in [-0.3, -0.25) is 24.0 Å². The number of amides is 5. The first-order valence-corrected chi connectivity index (χ1v) is 14.4. The molecule has 1 heterocycles. The molecule has 2 atom stereocenters. The molecule has 1 aliphatic heterocycles. The van der Waals surface area contributed by atoms with E-state index in [4.69, 9.17) is 4.74 Å². The highest BCUT2D eigenvalue weighted by atomic mass is 16.5. The number of ether oxygens (including phenoxy) is 1. The summed E-state index contributed by atoms with van der Waals surface area (Å²) in [5, 5.41) is 14.2. The van der Waals surface area contributed by atoms with Gasteiger partial charge in [0.2, 0.25) is 23.6 Å². The van der Waals surface area contributed by atoms with Crippen LogP contribution in [0, 0.1) is 11.8 Å². The van der Waals surface area contributed by atoms with E-state index in [1.54, 1.807) is 24.3 Å². The number of nitrogens with one attached hydrogen (secondary N) is 5. The normalized spacial score (nSPS) is 24.5. The molecule has 0 aromatic heterocycles. The number of carbonyl (C=O) groups is 5. The molecule has 11 nitrogen and oxygen atoms in total. The highest BCUT2D eigenvalue weighted by Crippen LogP contribution is 2.30. The molecule has 218 valence electrons. The number of rotatable bonds is 4. The molecule has 2 saturated carbocycles. The molecule has 1 aromatic rings. The van der Waals surface area contributed by atoms with E-state index < -0.39 is 41.3 Å². The van der Waals surface area contributed by atoms with Crippen LogP contribution < -0.4 is 31.3 Å². The van der Waals surface area contributed by atoms with E-state index in [2.05, 4.69) is 26.6 Å². The average molecular weight is 556 g/mol. The molecule has 0 saturated heterocycles. The number of benzene rings is 1. The number of hydrogen-bond donors (Lipinski definition) is 5. The van der Waals surface area contributed by atoms with E-state index in [1.165, 1.54) is 0 Å². The first-order chi connectivity index (χ1) is 19.2. The third-order valence-corrected chi connectivity index (χ3v) is 7.82. The van der Waals surface area contributed by atoms with Gasteiger partial charge in [0.25, 0.3) is 5.91 Å². The SMILES string of the molecule is CC(C)[C@H]1NC(=O)C2(CCCCC2)NC(=O)C[C@@H](C(=O)NCC2CC2)NC(=O)c2ccccc2OCCNC1=O. The Bertz CT molecular complexity index is 1110. The fraction of sp³-hybridized carbons (Fsp3) is 0.621. The predicted molar refractivity (Wildman–Crippen MR) is 147 cm³/mol. The Kier molecular flexibility index (Phi) is 9.65. The third kappa shape index (κ3) is 7.51. The summed E-state index contributed by atoms with van der Waals surface area (Å²) in [4.78, 5) is 66.6. The second kappa shape index (κ2) is 13.1. The number of carbonyl (C=O) groups excluding carboxylic acids is 5. The maximum Gasteiger partial charge on any atom is 0.255 e.